The fourth-order valence-corrected chi connectivity index (χ4v) is 2.11. The van der Waals surface area contributed by atoms with Gasteiger partial charge < -0.3 is 10.1 Å². The van der Waals surface area contributed by atoms with E-state index in [4.69, 9.17) is 4.74 Å². The maximum Gasteiger partial charge on any atom is 0.227 e. The third-order valence-corrected chi connectivity index (χ3v) is 3.20. The SMILES string of the molecule is CC(C)c1ccccc1NC(=O)CCOc1ccccc1. The largest absolute Gasteiger partial charge is 0.493 e. The summed E-state index contributed by atoms with van der Waals surface area (Å²) in [5, 5.41) is 2.96. The smallest absolute Gasteiger partial charge is 0.227 e. The third kappa shape index (κ3) is 4.63. The molecule has 1 amide bonds. The minimum atomic E-state index is -0.0287. The summed E-state index contributed by atoms with van der Waals surface area (Å²) in [4.78, 5) is 12.0. The molecule has 0 aliphatic carbocycles. The number of nitrogens with one attached hydrogen (secondary N) is 1. The first kappa shape index (κ1) is 15.1. The van der Waals surface area contributed by atoms with E-state index < -0.39 is 0 Å². The molecule has 2 aromatic rings. The number of anilines is 1. The zero-order valence-corrected chi connectivity index (χ0v) is 12.5. The Balaban J connectivity index is 1.85. The van der Waals surface area contributed by atoms with Crippen molar-refractivity contribution in [3.63, 3.8) is 0 Å². The van der Waals surface area contributed by atoms with Gasteiger partial charge in [-0.1, -0.05) is 50.2 Å². The van der Waals surface area contributed by atoms with Crippen molar-refractivity contribution >= 4 is 11.6 Å². The van der Waals surface area contributed by atoms with Gasteiger partial charge in [-0.2, -0.15) is 0 Å². The Hall–Kier alpha value is -2.29. The summed E-state index contributed by atoms with van der Waals surface area (Å²) in [6.07, 6.45) is 0.335. The lowest BCUT2D eigenvalue weighted by Gasteiger charge is -2.13. The van der Waals surface area contributed by atoms with E-state index in [9.17, 15) is 4.79 Å². The van der Waals surface area contributed by atoms with Gasteiger partial charge in [-0.15, -0.1) is 0 Å². The molecule has 110 valence electrons. The topological polar surface area (TPSA) is 38.3 Å². The van der Waals surface area contributed by atoms with Gasteiger partial charge in [-0.3, -0.25) is 4.79 Å². The number of hydrogen-bond donors (Lipinski definition) is 1. The minimum absolute atomic E-state index is 0.0287. The zero-order chi connectivity index (χ0) is 15.1. The Labute approximate surface area is 126 Å². The first-order valence-corrected chi connectivity index (χ1v) is 7.23. The van der Waals surface area contributed by atoms with Gasteiger partial charge in [0.05, 0.1) is 13.0 Å². The monoisotopic (exact) mass is 283 g/mol. The van der Waals surface area contributed by atoms with Crippen LogP contribution < -0.4 is 10.1 Å². The number of para-hydroxylation sites is 2. The van der Waals surface area contributed by atoms with E-state index in [1.54, 1.807) is 0 Å². The van der Waals surface area contributed by atoms with E-state index >= 15 is 0 Å². The molecular formula is C18H21NO2. The van der Waals surface area contributed by atoms with Crippen molar-refractivity contribution in [2.75, 3.05) is 11.9 Å². The van der Waals surface area contributed by atoms with Crippen LogP contribution in [0.15, 0.2) is 54.6 Å². The van der Waals surface area contributed by atoms with Crippen molar-refractivity contribution in [3.05, 3.63) is 60.2 Å². The Morgan fingerprint density at radius 2 is 1.71 bits per heavy atom. The van der Waals surface area contributed by atoms with Crippen molar-refractivity contribution in [2.45, 2.75) is 26.2 Å². The molecule has 0 aromatic heterocycles. The van der Waals surface area contributed by atoms with E-state index in [1.165, 1.54) is 0 Å². The number of ether oxygens (including phenoxy) is 1. The standard InChI is InChI=1S/C18H21NO2/c1-14(2)16-10-6-7-11-17(16)19-18(20)12-13-21-15-8-4-3-5-9-15/h3-11,14H,12-13H2,1-2H3,(H,19,20). The first-order valence-electron chi connectivity index (χ1n) is 7.23. The molecule has 0 atom stereocenters. The predicted molar refractivity (Wildman–Crippen MR) is 85.7 cm³/mol. The molecule has 0 saturated heterocycles. The number of carbonyl (C=O) groups is 1. The van der Waals surface area contributed by atoms with Crippen LogP contribution in [0.1, 0.15) is 31.7 Å². The van der Waals surface area contributed by atoms with Crippen LogP contribution in [0, 0.1) is 0 Å². The lowest BCUT2D eigenvalue weighted by molar-refractivity contribution is -0.116. The highest BCUT2D eigenvalue weighted by atomic mass is 16.5. The number of carbonyl (C=O) groups excluding carboxylic acids is 1. The van der Waals surface area contributed by atoms with Crippen LogP contribution in [0.25, 0.3) is 0 Å². The molecule has 3 heteroatoms. The summed E-state index contributed by atoms with van der Waals surface area (Å²) in [5.41, 5.74) is 2.03. The van der Waals surface area contributed by atoms with Gasteiger partial charge in [0.2, 0.25) is 5.91 Å². The van der Waals surface area contributed by atoms with Crippen LogP contribution in [-0.4, -0.2) is 12.5 Å². The van der Waals surface area contributed by atoms with E-state index in [2.05, 4.69) is 19.2 Å². The summed E-state index contributed by atoms with van der Waals surface area (Å²) >= 11 is 0. The van der Waals surface area contributed by atoms with Crippen LogP contribution in [-0.2, 0) is 4.79 Å². The number of amides is 1. The third-order valence-electron chi connectivity index (χ3n) is 3.20. The molecule has 0 aliphatic heterocycles. The highest BCUT2D eigenvalue weighted by Gasteiger charge is 2.09. The molecule has 21 heavy (non-hydrogen) atoms. The summed E-state index contributed by atoms with van der Waals surface area (Å²) in [5.74, 6) is 1.13. The van der Waals surface area contributed by atoms with Gasteiger partial charge in [-0.25, -0.2) is 0 Å². The second-order valence-electron chi connectivity index (χ2n) is 5.20. The maximum atomic E-state index is 12.0. The van der Waals surface area contributed by atoms with Crippen molar-refractivity contribution in [3.8, 4) is 5.75 Å². The molecule has 0 bridgehead atoms. The molecule has 1 N–H and O–H groups in total. The Morgan fingerprint density at radius 1 is 1.05 bits per heavy atom. The Kier molecular flexibility index (Phi) is 5.38. The van der Waals surface area contributed by atoms with Gasteiger partial charge in [0, 0.05) is 5.69 Å². The normalized spacial score (nSPS) is 10.4. The predicted octanol–water partition coefficient (Wildman–Crippen LogP) is 4.22. The van der Waals surface area contributed by atoms with Gasteiger partial charge >= 0.3 is 0 Å². The summed E-state index contributed by atoms with van der Waals surface area (Å²) in [7, 11) is 0. The Bertz CT molecular complexity index is 579. The summed E-state index contributed by atoms with van der Waals surface area (Å²) < 4.78 is 5.53. The van der Waals surface area contributed by atoms with E-state index in [0.29, 0.717) is 18.9 Å². The van der Waals surface area contributed by atoms with Crippen LogP contribution in [0.4, 0.5) is 5.69 Å². The van der Waals surface area contributed by atoms with Gasteiger partial charge in [-0.05, 0) is 29.7 Å². The van der Waals surface area contributed by atoms with Crippen molar-refractivity contribution in [1.82, 2.24) is 0 Å². The average molecular weight is 283 g/mol. The molecule has 0 spiro atoms. The van der Waals surface area contributed by atoms with E-state index in [-0.39, 0.29) is 5.91 Å². The highest BCUT2D eigenvalue weighted by Crippen LogP contribution is 2.23. The number of hydrogen-bond acceptors (Lipinski definition) is 2. The van der Waals surface area contributed by atoms with Crippen LogP contribution in [0.3, 0.4) is 0 Å². The lowest BCUT2D eigenvalue weighted by atomic mass is 10.0. The molecule has 0 fully saturated rings. The number of rotatable bonds is 6. The molecule has 0 heterocycles. The molecule has 0 radical (unpaired) electrons. The van der Waals surface area contributed by atoms with E-state index in [0.717, 1.165) is 17.0 Å². The second-order valence-corrected chi connectivity index (χ2v) is 5.20. The molecule has 0 aliphatic rings. The van der Waals surface area contributed by atoms with Crippen molar-refractivity contribution in [1.29, 1.82) is 0 Å². The highest BCUT2D eigenvalue weighted by molar-refractivity contribution is 5.91. The number of benzene rings is 2. The quantitative estimate of drug-likeness (QED) is 0.862. The summed E-state index contributed by atoms with van der Waals surface area (Å²) in [6.45, 7) is 4.60. The average Bonchev–Trinajstić information content (AvgIpc) is 2.48. The van der Waals surface area contributed by atoms with Crippen molar-refractivity contribution in [2.24, 2.45) is 0 Å². The molecule has 2 rings (SSSR count). The molecule has 2 aromatic carbocycles. The molecule has 0 saturated carbocycles. The van der Waals surface area contributed by atoms with Gasteiger partial charge in [0.15, 0.2) is 0 Å². The van der Waals surface area contributed by atoms with Crippen LogP contribution in [0.5, 0.6) is 5.75 Å². The van der Waals surface area contributed by atoms with Crippen LogP contribution >= 0.6 is 0 Å². The minimum Gasteiger partial charge on any atom is -0.493 e. The fraction of sp³-hybridized carbons (Fsp3) is 0.278. The fourth-order valence-electron chi connectivity index (χ4n) is 2.11. The molecule has 3 nitrogen and oxygen atoms in total. The summed E-state index contributed by atoms with van der Waals surface area (Å²) in [6, 6.07) is 17.4. The first-order chi connectivity index (χ1) is 10.2. The lowest BCUT2D eigenvalue weighted by Crippen LogP contribution is -2.16. The van der Waals surface area contributed by atoms with Gasteiger partial charge in [0.25, 0.3) is 0 Å². The maximum absolute atomic E-state index is 12.0. The van der Waals surface area contributed by atoms with Gasteiger partial charge in [0.1, 0.15) is 5.75 Å². The van der Waals surface area contributed by atoms with Crippen LogP contribution in [0.2, 0.25) is 0 Å². The second kappa shape index (κ2) is 7.48. The van der Waals surface area contributed by atoms with E-state index in [1.807, 2.05) is 54.6 Å². The Morgan fingerprint density at radius 3 is 2.43 bits per heavy atom. The molecular weight excluding hydrogens is 262 g/mol. The zero-order valence-electron chi connectivity index (χ0n) is 12.5. The molecule has 0 unspecified atom stereocenters. The van der Waals surface area contributed by atoms with Crippen molar-refractivity contribution < 1.29 is 9.53 Å².